The molecule has 3 N–H and O–H groups in total. The van der Waals surface area contributed by atoms with Crippen LogP contribution in [0.3, 0.4) is 0 Å². The number of ether oxygens (including phenoxy) is 2. The molecule has 2 aromatic carbocycles. The lowest BCUT2D eigenvalue weighted by Gasteiger charge is -2.17. The van der Waals surface area contributed by atoms with Gasteiger partial charge in [-0.2, -0.15) is 0 Å². The summed E-state index contributed by atoms with van der Waals surface area (Å²) in [5.74, 6) is -1.01. The molecular weight excluding hydrogens is 296 g/mol. The van der Waals surface area contributed by atoms with Gasteiger partial charge in [-0.05, 0) is 43.3 Å². The number of nitrogens with one attached hydrogen (secondary N) is 1. The van der Waals surface area contributed by atoms with Crippen LogP contribution in [0.4, 0.5) is 11.4 Å². The highest BCUT2D eigenvalue weighted by atomic mass is 16.6. The lowest BCUT2D eigenvalue weighted by atomic mass is 10.2. The number of hydrogen-bond donors (Lipinski definition) is 2. The number of hydrogen-bond acceptors (Lipinski definition) is 5. The van der Waals surface area contributed by atoms with E-state index in [-0.39, 0.29) is 6.61 Å². The van der Waals surface area contributed by atoms with E-state index in [4.69, 9.17) is 15.2 Å². The fourth-order valence-electron chi connectivity index (χ4n) is 1.84. The number of nitrogen functional groups attached to an aromatic ring is 1. The second-order valence-electron chi connectivity index (χ2n) is 4.67. The molecule has 1 unspecified atom stereocenters. The Kier molecular flexibility index (Phi) is 5.57. The number of nitrogens with two attached hydrogens (primary N) is 1. The summed E-state index contributed by atoms with van der Waals surface area (Å²) in [5.41, 5.74) is 6.72. The van der Waals surface area contributed by atoms with E-state index >= 15 is 0 Å². The summed E-state index contributed by atoms with van der Waals surface area (Å²) >= 11 is 0. The van der Waals surface area contributed by atoms with E-state index in [1.54, 1.807) is 55.5 Å². The van der Waals surface area contributed by atoms with Gasteiger partial charge >= 0.3 is 5.97 Å². The zero-order valence-corrected chi connectivity index (χ0v) is 12.7. The largest absolute Gasteiger partial charge is 0.469 e. The lowest BCUT2D eigenvalue weighted by Crippen LogP contribution is -2.41. The molecule has 120 valence electrons. The molecule has 1 amide bonds. The highest BCUT2D eigenvalue weighted by molar-refractivity contribution is 6.07. The van der Waals surface area contributed by atoms with E-state index in [0.717, 1.165) is 0 Å². The Morgan fingerprint density at radius 3 is 2.35 bits per heavy atom. The van der Waals surface area contributed by atoms with Gasteiger partial charge in [0.15, 0.2) is 0 Å². The molecule has 6 heteroatoms. The van der Waals surface area contributed by atoms with E-state index in [2.05, 4.69) is 5.32 Å². The van der Waals surface area contributed by atoms with Crippen molar-refractivity contribution in [3.8, 4) is 5.75 Å². The number of para-hydroxylation sites is 1. The van der Waals surface area contributed by atoms with Gasteiger partial charge in [0.2, 0.25) is 0 Å². The molecule has 6 nitrogen and oxygen atoms in total. The third kappa shape index (κ3) is 4.74. The molecule has 2 aromatic rings. The fraction of sp³-hybridized carbons (Fsp3) is 0.176. The fourth-order valence-corrected chi connectivity index (χ4v) is 1.84. The minimum absolute atomic E-state index is 0.152. The van der Waals surface area contributed by atoms with Gasteiger partial charge in [0, 0.05) is 11.4 Å². The van der Waals surface area contributed by atoms with Crippen molar-refractivity contribution >= 4 is 23.3 Å². The minimum Gasteiger partial charge on any atom is -0.469 e. The maximum atomic E-state index is 12.3. The smallest absolute Gasteiger partial charge is 0.357 e. The van der Waals surface area contributed by atoms with Crippen molar-refractivity contribution in [1.29, 1.82) is 0 Å². The third-order valence-corrected chi connectivity index (χ3v) is 2.91. The predicted octanol–water partition coefficient (Wildman–Crippen LogP) is 2.22. The molecule has 0 aliphatic carbocycles. The molecule has 23 heavy (non-hydrogen) atoms. The van der Waals surface area contributed by atoms with Crippen LogP contribution in [-0.4, -0.2) is 24.6 Å². The molecule has 2 rings (SSSR count). The van der Waals surface area contributed by atoms with Gasteiger partial charge in [0.25, 0.3) is 12.0 Å². The van der Waals surface area contributed by atoms with Crippen molar-refractivity contribution < 1.29 is 19.1 Å². The Balaban J connectivity index is 2.14. The van der Waals surface area contributed by atoms with Crippen LogP contribution in [0, 0.1) is 0 Å². The van der Waals surface area contributed by atoms with Crippen LogP contribution in [0.15, 0.2) is 54.6 Å². The van der Waals surface area contributed by atoms with Crippen molar-refractivity contribution in [1.82, 2.24) is 0 Å². The first kappa shape index (κ1) is 16.4. The van der Waals surface area contributed by atoms with Crippen molar-refractivity contribution in [3.63, 3.8) is 0 Å². The minimum atomic E-state index is -1.40. The number of carbonyl (C=O) groups is 2. The van der Waals surface area contributed by atoms with Gasteiger partial charge in [-0.3, -0.25) is 4.79 Å². The number of benzene rings is 2. The summed E-state index contributed by atoms with van der Waals surface area (Å²) in [5, 5.41) is 2.62. The highest BCUT2D eigenvalue weighted by Crippen LogP contribution is 2.16. The summed E-state index contributed by atoms with van der Waals surface area (Å²) < 4.78 is 10.4. The number of amides is 1. The summed E-state index contributed by atoms with van der Waals surface area (Å²) in [6.07, 6.45) is -1.40. The standard InChI is InChI=1S/C17H18N2O4/c1-2-22-17(21)15(23-14-10-8-12(18)9-11-14)16(20)19-13-6-4-3-5-7-13/h3-11,15H,2,18H2,1H3,(H,19,20). The van der Waals surface area contributed by atoms with Crippen molar-refractivity contribution in [2.24, 2.45) is 0 Å². The van der Waals surface area contributed by atoms with Crippen LogP contribution >= 0.6 is 0 Å². The van der Waals surface area contributed by atoms with Gasteiger partial charge < -0.3 is 20.5 Å². The molecule has 0 heterocycles. The molecule has 0 saturated carbocycles. The Morgan fingerprint density at radius 1 is 1.09 bits per heavy atom. The molecule has 0 saturated heterocycles. The topological polar surface area (TPSA) is 90.7 Å². The van der Waals surface area contributed by atoms with Crippen molar-refractivity contribution in [3.05, 3.63) is 54.6 Å². The first-order valence-corrected chi connectivity index (χ1v) is 7.15. The zero-order chi connectivity index (χ0) is 16.7. The third-order valence-electron chi connectivity index (χ3n) is 2.91. The van der Waals surface area contributed by atoms with Crippen LogP contribution in [0.1, 0.15) is 6.92 Å². The van der Waals surface area contributed by atoms with Crippen molar-refractivity contribution in [2.45, 2.75) is 13.0 Å². The molecular formula is C17H18N2O4. The average molecular weight is 314 g/mol. The normalized spacial score (nSPS) is 11.3. The Morgan fingerprint density at radius 2 is 1.74 bits per heavy atom. The van der Waals surface area contributed by atoms with Crippen LogP contribution in [0.25, 0.3) is 0 Å². The first-order valence-electron chi connectivity index (χ1n) is 7.15. The average Bonchev–Trinajstić information content (AvgIpc) is 2.55. The van der Waals surface area contributed by atoms with Gasteiger partial charge in [0.1, 0.15) is 5.75 Å². The van der Waals surface area contributed by atoms with E-state index < -0.39 is 18.0 Å². The summed E-state index contributed by atoms with van der Waals surface area (Å²) in [4.78, 5) is 24.4. The summed E-state index contributed by atoms with van der Waals surface area (Å²) in [6.45, 7) is 1.81. The molecule has 0 aliphatic heterocycles. The first-order chi connectivity index (χ1) is 11.1. The molecule has 0 aromatic heterocycles. The van der Waals surface area contributed by atoms with Gasteiger partial charge in [0.05, 0.1) is 6.61 Å². The number of carbonyl (C=O) groups excluding carboxylic acids is 2. The van der Waals surface area contributed by atoms with E-state index in [9.17, 15) is 9.59 Å². The summed E-state index contributed by atoms with van der Waals surface area (Å²) in [6, 6.07) is 15.2. The Labute approximate surface area is 134 Å². The van der Waals surface area contributed by atoms with Gasteiger partial charge in [-0.25, -0.2) is 4.79 Å². The second-order valence-corrected chi connectivity index (χ2v) is 4.67. The van der Waals surface area contributed by atoms with Crippen LogP contribution < -0.4 is 15.8 Å². The molecule has 0 radical (unpaired) electrons. The second kappa shape index (κ2) is 7.84. The van der Waals surface area contributed by atoms with Crippen LogP contribution in [-0.2, 0) is 14.3 Å². The molecule has 0 spiro atoms. The quantitative estimate of drug-likeness (QED) is 0.485. The maximum absolute atomic E-state index is 12.3. The molecule has 0 aliphatic rings. The maximum Gasteiger partial charge on any atom is 0.357 e. The zero-order valence-electron chi connectivity index (χ0n) is 12.7. The Bertz CT molecular complexity index is 656. The Hall–Kier alpha value is -3.02. The van der Waals surface area contributed by atoms with E-state index in [1.165, 1.54) is 0 Å². The van der Waals surface area contributed by atoms with E-state index in [0.29, 0.717) is 17.1 Å². The lowest BCUT2D eigenvalue weighted by molar-refractivity contribution is -0.154. The number of esters is 1. The SMILES string of the molecule is CCOC(=O)C(Oc1ccc(N)cc1)C(=O)Nc1ccccc1. The molecule has 0 fully saturated rings. The van der Waals surface area contributed by atoms with Crippen LogP contribution in [0.5, 0.6) is 5.75 Å². The summed E-state index contributed by atoms with van der Waals surface area (Å²) in [7, 11) is 0. The van der Waals surface area contributed by atoms with Crippen LogP contribution in [0.2, 0.25) is 0 Å². The number of anilines is 2. The predicted molar refractivity (Wildman–Crippen MR) is 87.0 cm³/mol. The number of rotatable bonds is 6. The molecule has 0 bridgehead atoms. The van der Waals surface area contributed by atoms with E-state index in [1.807, 2.05) is 6.07 Å². The molecule has 1 atom stereocenters. The van der Waals surface area contributed by atoms with Crippen molar-refractivity contribution in [2.75, 3.05) is 17.7 Å². The van der Waals surface area contributed by atoms with Gasteiger partial charge in [-0.15, -0.1) is 0 Å². The highest BCUT2D eigenvalue weighted by Gasteiger charge is 2.30. The van der Waals surface area contributed by atoms with Gasteiger partial charge in [-0.1, -0.05) is 18.2 Å². The monoisotopic (exact) mass is 314 g/mol.